The van der Waals surface area contributed by atoms with Crippen LogP contribution in [0, 0.1) is 11.3 Å². The van der Waals surface area contributed by atoms with Crippen molar-refractivity contribution in [3.05, 3.63) is 0 Å². The Labute approximate surface area is 87.7 Å². The Morgan fingerprint density at radius 1 is 1.36 bits per heavy atom. The summed E-state index contributed by atoms with van der Waals surface area (Å²) >= 11 is 0. The van der Waals surface area contributed by atoms with Gasteiger partial charge in [0.2, 0.25) is 0 Å². The van der Waals surface area contributed by atoms with E-state index in [0.717, 1.165) is 32.1 Å². The van der Waals surface area contributed by atoms with Gasteiger partial charge in [0.05, 0.1) is 5.41 Å². The second kappa shape index (κ2) is 6.05. The summed E-state index contributed by atoms with van der Waals surface area (Å²) in [5.41, 5.74) is -0.511. The summed E-state index contributed by atoms with van der Waals surface area (Å²) in [5.74, 6) is -0.116. The largest absolute Gasteiger partial charge is 0.481 e. The molecule has 2 unspecified atom stereocenters. The quantitative estimate of drug-likeness (QED) is 0.680. The molecule has 0 saturated heterocycles. The molecule has 2 heteroatoms. The van der Waals surface area contributed by atoms with Gasteiger partial charge in [-0.05, 0) is 25.7 Å². The molecule has 0 saturated carbocycles. The zero-order valence-electron chi connectivity index (χ0n) is 9.97. The van der Waals surface area contributed by atoms with Crippen molar-refractivity contribution in [3.8, 4) is 0 Å². The van der Waals surface area contributed by atoms with Crippen molar-refractivity contribution in [2.24, 2.45) is 11.3 Å². The van der Waals surface area contributed by atoms with E-state index in [1.165, 1.54) is 0 Å². The summed E-state index contributed by atoms with van der Waals surface area (Å²) in [5, 5.41) is 9.18. The number of hydrogen-bond donors (Lipinski definition) is 1. The lowest BCUT2D eigenvalue weighted by molar-refractivity contribution is -0.149. The highest BCUT2D eigenvalue weighted by Gasteiger charge is 2.33. The highest BCUT2D eigenvalue weighted by atomic mass is 16.4. The third-order valence-electron chi connectivity index (χ3n) is 2.90. The lowest BCUT2D eigenvalue weighted by Gasteiger charge is -2.27. The first-order valence-corrected chi connectivity index (χ1v) is 5.69. The van der Waals surface area contributed by atoms with E-state index in [1.54, 1.807) is 0 Å². The Balaban J connectivity index is 4.28. The third-order valence-corrected chi connectivity index (χ3v) is 2.90. The van der Waals surface area contributed by atoms with E-state index in [1.807, 2.05) is 13.8 Å². The monoisotopic (exact) mass is 200 g/mol. The van der Waals surface area contributed by atoms with Gasteiger partial charge in [-0.3, -0.25) is 4.79 Å². The Morgan fingerprint density at radius 2 is 1.93 bits per heavy atom. The smallest absolute Gasteiger partial charge is 0.309 e. The van der Waals surface area contributed by atoms with Crippen molar-refractivity contribution >= 4 is 5.97 Å². The van der Waals surface area contributed by atoms with Crippen LogP contribution in [0.4, 0.5) is 0 Å². The second-order valence-corrected chi connectivity index (χ2v) is 4.71. The van der Waals surface area contributed by atoms with Crippen molar-refractivity contribution in [1.82, 2.24) is 0 Å². The molecule has 84 valence electrons. The van der Waals surface area contributed by atoms with Gasteiger partial charge >= 0.3 is 5.97 Å². The first kappa shape index (κ1) is 13.5. The van der Waals surface area contributed by atoms with E-state index in [2.05, 4.69) is 13.8 Å². The zero-order chi connectivity index (χ0) is 11.2. The highest BCUT2D eigenvalue weighted by Crippen LogP contribution is 2.33. The number of aliphatic carboxylic acids is 1. The minimum absolute atomic E-state index is 0.511. The van der Waals surface area contributed by atoms with Crippen molar-refractivity contribution in [2.45, 2.75) is 59.8 Å². The molecule has 0 heterocycles. The SMILES string of the molecule is CCCC(C)CC(C)(CCC)C(=O)O. The normalized spacial score (nSPS) is 17.4. The van der Waals surface area contributed by atoms with Crippen LogP contribution in [-0.4, -0.2) is 11.1 Å². The van der Waals surface area contributed by atoms with Crippen LogP contribution in [-0.2, 0) is 4.79 Å². The molecule has 2 nitrogen and oxygen atoms in total. The minimum atomic E-state index is -0.637. The summed E-state index contributed by atoms with van der Waals surface area (Å²) in [4.78, 5) is 11.2. The average molecular weight is 200 g/mol. The maximum atomic E-state index is 11.2. The highest BCUT2D eigenvalue weighted by molar-refractivity contribution is 5.74. The molecule has 0 aromatic rings. The van der Waals surface area contributed by atoms with Crippen LogP contribution in [0.2, 0.25) is 0 Å². The maximum absolute atomic E-state index is 11.2. The van der Waals surface area contributed by atoms with Crippen LogP contribution in [0.1, 0.15) is 59.8 Å². The van der Waals surface area contributed by atoms with Gasteiger partial charge in [-0.1, -0.05) is 40.0 Å². The molecule has 0 aliphatic heterocycles. The summed E-state index contributed by atoms with van der Waals surface area (Å²) in [7, 11) is 0. The van der Waals surface area contributed by atoms with Gasteiger partial charge in [0.1, 0.15) is 0 Å². The van der Waals surface area contributed by atoms with Gasteiger partial charge in [-0.15, -0.1) is 0 Å². The molecule has 2 atom stereocenters. The van der Waals surface area contributed by atoms with Gasteiger partial charge in [-0.2, -0.15) is 0 Å². The van der Waals surface area contributed by atoms with Crippen LogP contribution in [0.25, 0.3) is 0 Å². The van der Waals surface area contributed by atoms with E-state index >= 15 is 0 Å². The van der Waals surface area contributed by atoms with Crippen LogP contribution in [0.15, 0.2) is 0 Å². The lowest BCUT2D eigenvalue weighted by atomic mass is 9.77. The fraction of sp³-hybridized carbons (Fsp3) is 0.917. The zero-order valence-corrected chi connectivity index (χ0v) is 9.97. The summed E-state index contributed by atoms with van der Waals surface area (Å²) < 4.78 is 0. The molecule has 0 bridgehead atoms. The van der Waals surface area contributed by atoms with Gasteiger partial charge in [-0.25, -0.2) is 0 Å². The summed E-state index contributed by atoms with van der Waals surface area (Å²) in [6.07, 6.45) is 4.82. The molecular weight excluding hydrogens is 176 g/mol. The van der Waals surface area contributed by atoms with E-state index in [4.69, 9.17) is 0 Å². The van der Waals surface area contributed by atoms with Gasteiger partial charge < -0.3 is 5.11 Å². The van der Waals surface area contributed by atoms with Crippen LogP contribution < -0.4 is 0 Å². The van der Waals surface area contributed by atoms with E-state index < -0.39 is 11.4 Å². The molecule has 0 aromatic carbocycles. The number of carboxylic acid groups (broad SMARTS) is 1. The fourth-order valence-corrected chi connectivity index (χ4v) is 2.21. The number of carbonyl (C=O) groups is 1. The van der Waals surface area contributed by atoms with E-state index in [9.17, 15) is 9.90 Å². The molecule has 0 aliphatic carbocycles. The molecule has 0 fully saturated rings. The first-order valence-electron chi connectivity index (χ1n) is 5.69. The predicted octanol–water partition coefficient (Wildman–Crippen LogP) is 3.70. The van der Waals surface area contributed by atoms with Crippen molar-refractivity contribution in [3.63, 3.8) is 0 Å². The standard InChI is InChI=1S/C12H24O2/c1-5-7-10(3)9-12(4,8-6-2)11(13)14/h10H,5-9H2,1-4H3,(H,13,14). The molecule has 0 amide bonds. The third kappa shape index (κ3) is 4.12. The molecule has 14 heavy (non-hydrogen) atoms. The minimum Gasteiger partial charge on any atom is -0.481 e. The number of carboxylic acids is 1. The Hall–Kier alpha value is -0.530. The van der Waals surface area contributed by atoms with Crippen LogP contribution >= 0.6 is 0 Å². The molecule has 0 rings (SSSR count). The average Bonchev–Trinajstić information content (AvgIpc) is 2.04. The topological polar surface area (TPSA) is 37.3 Å². The Morgan fingerprint density at radius 3 is 2.29 bits per heavy atom. The van der Waals surface area contributed by atoms with E-state index in [-0.39, 0.29) is 0 Å². The lowest BCUT2D eigenvalue weighted by Crippen LogP contribution is -2.29. The van der Waals surface area contributed by atoms with Crippen molar-refractivity contribution < 1.29 is 9.90 Å². The first-order chi connectivity index (χ1) is 6.46. The predicted molar refractivity (Wildman–Crippen MR) is 59.3 cm³/mol. The molecule has 0 aliphatic rings. The molecular formula is C12H24O2. The van der Waals surface area contributed by atoms with Crippen molar-refractivity contribution in [2.75, 3.05) is 0 Å². The molecule has 1 N–H and O–H groups in total. The molecule has 0 spiro atoms. The number of rotatable bonds is 7. The van der Waals surface area contributed by atoms with Crippen molar-refractivity contribution in [1.29, 1.82) is 0 Å². The van der Waals surface area contributed by atoms with Crippen LogP contribution in [0.3, 0.4) is 0 Å². The Bertz CT molecular complexity index is 177. The van der Waals surface area contributed by atoms with Gasteiger partial charge in [0.25, 0.3) is 0 Å². The molecule has 0 radical (unpaired) electrons. The number of hydrogen-bond acceptors (Lipinski definition) is 1. The molecule has 0 aromatic heterocycles. The fourth-order valence-electron chi connectivity index (χ4n) is 2.21. The van der Waals surface area contributed by atoms with Gasteiger partial charge in [0.15, 0.2) is 0 Å². The second-order valence-electron chi connectivity index (χ2n) is 4.71. The maximum Gasteiger partial charge on any atom is 0.309 e. The Kier molecular flexibility index (Phi) is 5.82. The van der Waals surface area contributed by atoms with Gasteiger partial charge in [0, 0.05) is 0 Å². The summed E-state index contributed by atoms with van der Waals surface area (Å²) in [6.45, 7) is 8.23. The van der Waals surface area contributed by atoms with E-state index in [0.29, 0.717) is 5.92 Å². The summed E-state index contributed by atoms with van der Waals surface area (Å²) in [6, 6.07) is 0. The van der Waals surface area contributed by atoms with Crippen LogP contribution in [0.5, 0.6) is 0 Å².